The Hall–Kier alpha value is -2.65. The zero-order valence-electron chi connectivity index (χ0n) is 17.0. The van der Waals surface area contributed by atoms with E-state index in [0.717, 1.165) is 49.8 Å². The number of amides is 6. The van der Waals surface area contributed by atoms with Crippen LogP contribution >= 0.6 is 0 Å². The zero-order valence-corrected chi connectivity index (χ0v) is 17.0. The number of hydrogen-bond acceptors (Lipinski definition) is 6. The number of carbonyl (C=O) groups excluding carboxylic acids is 5. The van der Waals surface area contributed by atoms with Gasteiger partial charge < -0.3 is 15.4 Å². The van der Waals surface area contributed by atoms with Crippen LogP contribution in [0, 0.1) is 0 Å². The van der Waals surface area contributed by atoms with Crippen LogP contribution in [0.3, 0.4) is 0 Å². The van der Waals surface area contributed by atoms with Gasteiger partial charge in [0.15, 0.2) is 6.61 Å². The van der Waals surface area contributed by atoms with Crippen LogP contribution in [0.2, 0.25) is 0 Å². The third-order valence-electron chi connectivity index (χ3n) is 5.22. The zero-order chi connectivity index (χ0) is 21.4. The molecule has 10 heteroatoms. The molecule has 1 aliphatic carbocycles. The Balaban J connectivity index is 1.73. The number of rotatable bonds is 8. The lowest BCUT2D eigenvalue weighted by Crippen LogP contribution is -2.46. The second-order valence-corrected chi connectivity index (χ2v) is 7.77. The highest BCUT2D eigenvalue weighted by Gasteiger charge is 2.47. The molecule has 1 aliphatic heterocycles. The maximum Gasteiger partial charge on any atom is 0.326 e. The van der Waals surface area contributed by atoms with Crippen LogP contribution in [-0.4, -0.2) is 59.5 Å². The van der Waals surface area contributed by atoms with Crippen LogP contribution in [0.25, 0.3) is 0 Å². The molecule has 2 aliphatic rings. The summed E-state index contributed by atoms with van der Waals surface area (Å²) in [5.74, 6) is -2.18. The number of ether oxygens (including phenoxy) is 1. The van der Waals surface area contributed by atoms with E-state index in [9.17, 15) is 24.0 Å². The first-order valence-electron chi connectivity index (χ1n) is 10.1. The molecule has 0 spiro atoms. The molecular formula is C19H30N4O6. The molecule has 162 valence electrons. The molecule has 0 unspecified atom stereocenters. The fourth-order valence-electron chi connectivity index (χ4n) is 3.54. The van der Waals surface area contributed by atoms with Crippen LogP contribution in [0.5, 0.6) is 0 Å². The van der Waals surface area contributed by atoms with Gasteiger partial charge in [0, 0.05) is 6.04 Å². The van der Waals surface area contributed by atoms with Crippen LogP contribution in [0.4, 0.5) is 9.59 Å². The average Bonchev–Trinajstić information content (AvgIpc) is 2.89. The van der Waals surface area contributed by atoms with E-state index in [4.69, 9.17) is 4.74 Å². The van der Waals surface area contributed by atoms with Crippen LogP contribution in [0.1, 0.15) is 65.2 Å². The van der Waals surface area contributed by atoms with Crippen LogP contribution in [0.15, 0.2) is 0 Å². The van der Waals surface area contributed by atoms with Gasteiger partial charge in [0.25, 0.3) is 11.8 Å². The van der Waals surface area contributed by atoms with Crippen molar-refractivity contribution in [3.8, 4) is 0 Å². The van der Waals surface area contributed by atoms with Gasteiger partial charge in [-0.05, 0) is 26.2 Å². The molecule has 0 bridgehead atoms. The van der Waals surface area contributed by atoms with Gasteiger partial charge in [0.2, 0.25) is 0 Å². The van der Waals surface area contributed by atoms with Crippen molar-refractivity contribution in [2.75, 3.05) is 13.2 Å². The molecule has 0 radical (unpaired) electrons. The number of hydrogen-bond donors (Lipinski definition) is 3. The van der Waals surface area contributed by atoms with Gasteiger partial charge in [-0.25, -0.2) is 9.59 Å². The standard InChI is InChI=1S/C19H30N4O6/c1-3-4-10-19(2)16(26)23(18(28)22-19)11-15(25)29-12-14(24)21-17(27)20-13-8-6-5-7-9-13/h13H,3-12H2,1-2H3,(H,22,28)(H2,20,21,24,27)/t19-/m0/s1. The van der Waals surface area contributed by atoms with E-state index in [0.29, 0.717) is 6.42 Å². The van der Waals surface area contributed by atoms with Crippen molar-refractivity contribution < 1.29 is 28.7 Å². The topological polar surface area (TPSA) is 134 Å². The van der Waals surface area contributed by atoms with E-state index in [1.807, 2.05) is 6.92 Å². The van der Waals surface area contributed by atoms with E-state index >= 15 is 0 Å². The smallest absolute Gasteiger partial charge is 0.326 e. The Bertz CT molecular complexity index is 661. The highest BCUT2D eigenvalue weighted by molar-refractivity contribution is 6.08. The lowest BCUT2D eigenvalue weighted by atomic mass is 9.95. The molecule has 6 amide bonds. The van der Waals surface area contributed by atoms with E-state index in [-0.39, 0.29) is 6.04 Å². The van der Waals surface area contributed by atoms with E-state index in [1.165, 1.54) is 0 Å². The van der Waals surface area contributed by atoms with Crippen LogP contribution < -0.4 is 16.0 Å². The lowest BCUT2D eigenvalue weighted by molar-refractivity contribution is -0.150. The van der Waals surface area contributed by atoms with E-state index in [1.54, 1.807) is 6.92 Å². The quantitative estimate of drug-likeness (QED) is 0.406. The third kappa shape index (κ3) is 6.43. The Morgan fingerprint density at radius 2 is 1.90 bits per heavy atom. The van der Waals surface area contributed by atoms with Gasteiger partial charge in [0.05, 0.1) is 0 Å². The molecule has 2 fully saturated rings. The molecular weight excluding hydrogens is 380 g/mol. The summed E-state index contributed by atoms with van der Waals surface area (Å²) in [6.07, 6.45) is 7.06. The molecule has 0 aromatic heterocycles. The number of imide groups is 2. The third-order valence-corrected chi connectivity index (χ3v) is 5.22. The highest BCUT2D eigenvalue weighted by Crippen LogP contribution is 2.23. The van der Waals surface area contributed by atoms with Crippen molar-refractivity contribution in [2.45, 2.75) is 76.8 Å². The molecule has 2 rings (SSSR count). The van der Waals surface area contributed by atoms with Crippen LogP contribution in [-0.2, 0) is 19.1 Å². The highest BCUT2D eigenvalue weighted by atomic mass is 16.5. The number of esters is 1. The second-order valence-electron chi connectivity index (χ2n) is 7.77. The van der Waals surface area contributed by atoms with Crippen molar-refractivity contribution in [2.24, 2.45) is 0 Å². The molecule has 0 aromatic rings. The van der Waals surface area contributed by atoms with Gasteiger partial charge in [-0.15, -0.1) is 0 Å². The number of carbonyl (C=O) groups is 5. The minimum atomic E-state index is -1.04. The van der Waals surface area contributed by atoms with Crippen molar-refractivity contribution in [3.63, 3.8) is 0 Å². The summed E-state index contributed by atoms with van der Waals surface area (Å²) in [5, 5.41) is 7.42. The SMILES string of the molecule is CCCC[C@]1(C)NC(=O)N(CC(=O)OCC(=O)NC(=O)NC2CCCCC2)C1=O. The van der Waals surface area contributed by atoms with Crippen molar-refractivity contribution >= 4 is 29.8 Å². The van der Waals surface area contributed by atoms with E-state index in [2.05, 4.69) is 16.0 Å². The molecule has 1 saturated heterocycles. The van der Waals surface area contributed by atoms with Gasteiger partial charge >= 0.3 is 18.0 Å². The number of nitrogens with zero attached hydrogens (tertiary/aromatic N) is 1. The molecule has 1 atom stereocenters. The fraction of sp³-hybridized carbons (Fsp3) is 0.737. The Labute approximate surface area is 170 Å². The molecule has 3 N–H and O–H groups in total. The summed E-state index contributed by atoms with van der Waals surface area (Å²) < 4.78 is 4.80. The number of urea groups is 2. The van der Waals surface area contributed by atoms with Gasteiger partial charge in [-0.1, -0.05) is 39.0 Å². The van der Waals surface area contributed by atoms with Gasteiger partial charge in [-0.2, -0.15) is 0 Å². The minimum absolute atomic E-state index is 0.0424. The predicted octanol–water partition coefficient (Wildman–Crippen LogP) is 1.19. The first kappa shape index (κ1) is 22.6. The largest absolute Gasteiger partial charge is 0.454 e. The molecule has 1 saturated carbocycles. The summed E-state index contributed by atoms with van der Waals surface area (Å²) in [4.78, 5) is 60.8. The first-order valence-corrected chi connectivity index (χ1v) is 10.1. The summed E-state index contributed by atoms with van der Waals surface area (Å²) >= 11 is 0. The molecule has 1 heterocycles. The normalized spacial score (nSPS) is 22.2. The van der Waals surface area contributed by atoms with Gasteiger partial charge in [-0.3, -0.25) is 24.6 Å². The maximum absolute atomic E-state index is 12.5. The van der Waals surface area contributed by atoms with Gasteiger partial charge in [0.1, 0.15) is 12.1 Å². The number of unbranched alkanes of at least 4 members (excludes halogenated alkanes) is 1. The molecule has 10 nitrogen and oxygen atoms in total. The first-order chi connectivity index (χ1) is 13.7. The second kappa shape index (κ2) is 10.2. The van der Waals surface area contributed by atoms with Crippen molar-refractivity contribution in [1.82, 2.24) is 20.9 Å². The summed E-state index contributed by atoms with van der Waals surface area (Å²) in [6.45, 7) is 2.33. The van der Waals surface area contributed by atoms with Crippen molar-refractivity contribution in [1.29, 1.82) is 0 Å². The monoisotopic (exact) mass is 410 g/mol. The Kier molecular flexibility index (Phi) is 7.98. The van der Waals surface area contributed by atoms with E-state index < -0.39 is 48.5 Å². The minimum Gasteiger partial charge on any atom is -0.454 e. The molecule has 29 heavy (non-hydrogen) atoms. The summed E-state index contributed by atoms with van der Waals surface area (Å²) in [6, 6.07) is -1.25. The Morgan fingerprint density at radius 1 is 1.21 bits per heavy atom. The summed E-state index contributed by atoms with van der Waals surface area (Å²) in [5.41, 5.74) is -1.04. The average molecular weight is 410 g/mol. The molecule has 0 aromatic carbocycles. The predicted molar refractivity (Wildman–Crippen MR) is 103 cm³/mol. The lowest BCUT2D eigenvalue weighted by Gasteiger charge is -2.22. The summed E-state index contributed by atoms with van der Waals surface area (Å²) in [7, 11) is 0. The number of nitrogens with one attached hydrogen (secondary N) is 3. The fourth-order valence-corrected chi connectivity index (χ4v) is 3.54. The van der Waals surface area contributed by atoms with Crippen molar-refractivity contribution in [3.05, 3.63) is 0 Å². The maximum atomic E-state index is 12.5. The Morgan fingerprint density at radius 3 is 2.55 bits per heavy atom.